The lowest BCUT2D eigenvalue weighted by Gasteiger charge is -2.24. The van der Waals surface area contributed by atoms with E-state index in [9.17, 15) is 14.4 Å². The number of primary amides is 1. The van der Waals surface area contributed by atoms with Crippen LogP contribution in [-0.2, 0) is 17.9 Å². The maximum atomic E-state index is 13.5. The molecule has 44 heavy (non-hydrogen) atoms. The van der Waals surface area contributed by atoms with Crippen LogP contribution >= 0.6 is 0 Å². The highest BCUT2D eigenvalue weighted by Gasteiger charge is 2.25. The molecule has 1 unspecified atom stereocenters. The molecule has 226 valence electrons. The number of methoxy groups -OCH3 is 1. The maximum absolute atomic E-state index is 13.5. The van der Waals surface area contributed by atoms with E-state index in [0.29, 0.717) is 47.7 Å². The summed E-state index contributed by atoms with van der Waals surface area (Å²) in [6.45, 7) is 4.70. The lowest BCUT2D eigenvalue weighted by molar-refractivity contribution is -0.108. The van der Waals surface area contributed by atoms with Crippen LogP contribution in [-0.4, -0.2) is 44.5 Å². The van der Waals surface area contributed by atoms with Crippen LogP contribution in [0.25, 0.3) is 22.2 Å². The second kappa shape index (κ2) is 13.3. The van der Waals surface area contributed by atoms with Crippen LogP contribution in [0.2, 0.25) is 0 Å². The van der Waals surface area contributed by atoms with Crippen LogP contribution in [0.15, 0.2) is 72.8 Å². The van der Waals surface area contributed by atoms with Gasteiger partial charge in [0.2, 0.25) is 11.9 Å². The minimum Gasteiger partial charge on any atom is -0.494 e. The van der Waals surface area contributed by atoms with Gasteiger partial charge in [0, 0.05) is 25.1 Å². The quantitative estimate of drug-likeness (QED) is 0.165. The molecule has 0 aliphatic heterocycles. The van der Waals surface area contributed by atoms with Crippen molar-refractivity contribution in [1.29, 1.82) is 0 Å². The van der Waals surface area contributed by atoms with E-state index in [4.69, 9.17) is 15.5 Å². The number of imidazole rings is 1. The van der Waals surface area contributed by atoms with Crippen molar-refractivity contribution < 1.29 is 19.1 Å². The van der Waals surface area contributed by atoms with Crippen LogP contribution in [0.3, 0.4) is 0 Å². The van der Waals surface area contributed by atoms with Gasteiger partial charge in [0.15, 0.2) is 0 Å². The standard InChI is InChI=1S/C33H35N7O4/c1-4-39-27(17-21(2)38-39)32(43)37-33-36-26-18-25(31(34)42)19-28(44-3)30(26)40(33)29(11-8-16-41)35-20-22-12-14-24(15-13-22)23-9-6-5-7-10-23/h5-7,9-10,12-19,29,35H,4,8,11,20H2,1-3H3,(H2,34,42)(H,36,37,43). The van der Waals surface area contributed by atoms with Crippen molar-refractivity contribution >= 4 is 35.1 Å². The monoisotopic (exact) mass is 593 g/mol. The number of amides is 2. The van der Waals surface area contributed by atoms with Crippen LogP contribution in [0.1, 0.15) is 58.0 Å². The number of benzene rings is 3. The van der Waals surface area contributed by atoms with Crippen LogP contribution in [0.4, 0.5) is 5.95 Å². The molecule has 0 bridgehead atoms. The van der Waals surface area contributed by atoms with E-state index in [2.05, 4.69) is 52.1 Å². The average Bonchev–Trinajstić information content (AvgIpc) is 3.61. The first-order valence-electron chi connectivity index (χ1n) is 14.4. The number of carbonyl (C=O) groups excluding carboxylic acids is 3. The summed E-state index contributed by atoms with van der Waals surface area (Å²) in [5.74, 6) is -0.468. The summed E-state index contributed by atoms with van der Waals surface area (Å²) in [6, 6.07) is 23.2. The van der Waals surface area contributed by atoms with E-state index in [-0.39, 0.29) is 17.9 Å². The lowest BCUT2D eigenvalue weighted by Crippen LogP contribution is -2.29. The van der Waals surface area contributed by atoms with Crippen LogP contribution in [0, 0.1) is 6.92 Å². The van der Waals surface area contributed by atoms with E-state index in [1.807, 2.05) is 32.0 Å². The van der Waals surface area contributed by atoms with Gasteiger partial charge >= 0.3 is 0 Å². The fourth-order valence-electron chi connectivity index (χ4n) is 5.25. The zero-order chi connectivity index (χ0) is 31.2. The van der Waals surface area contributed by atoms with E-state index in [0.717, 1.165) is 23.0 Å². The molecule has 5 rings (SSSR count). The number of aldehydes is 1. The number of hydrogen-bond donors (Lipinski definition) is 3. The Balaban J connectivity index is 1.54. The van der Waals surface area contributed by atoms with Crippen molar-refractivity contribution in [2.24, 2.45) is 5.73 Å². The molecule has 0 aliphatic rings. The second-order valence-corrected chi connectivity index (χ2v) is 10.4. The largest absolute Gasteiger partial charge is 0.494 e. The van der Waals surface area contributed by atoms with Crippen molar-refractivity contribution in [3.8, 4) is 16.9 Å². The highest BCUT2D eigenvalue weighted by molar-refractivity contribution is 6.04. The molecule has 11 nitrogen and oxygen atoms in total. The molecule has 11 heteroatoms. The Bertz CT molecular complexity index is 1790. The van der Waals surface area contributed by atoms with Crippen molar-refractivity contribution in [3.63, 3.8) is 0 Å². The summed E-state index contributed by atoms with van der Waals surface area (Å²) in [6.07, 6.45) is 1.01. The van der Waals surface area contributed by atoms with Gasteiger partial charge in [-0.25, -0.2) is 4.98 Å². The molecule has 1 atom stereocenters. The predicted octanol–water partition coefficient (Wildman–Crippen LogP) is 4.86. The van der Waals surface area contributed by atoms with Gasteiger partial charge in [0.25, 0.3) is 5.91 Å². The molecule has 3 aromatic carbocycles. The third-order valence-electron chi connectivity index (χ3n) is 7.39. The molecule has 0 saturated heterocycles. The number of aryl methyl sites for hydroxylation is 2. The SMILES string of the molecule is CCn1nc(C)cc1C(=O)Nc1nc2cc(C(N)=O)cc(OC)c2n1C(CCC=O)NCc1ccc(-c2ccccc2)cc1. The number of hydrogen-bond acceptors (Lipinski definition) is 7. The zero-order valence-corrected chi connectivity index (χ0v) is 24.9. The molecule has 0 radical (unpaired) electrons. The number of aromatic nitrogens is 4. The molecule has 5 aromatic rings. The Morgan fingerprint density at radius 3 is 2.43 bits per heavy atom. The Labute approximate surface area is 255 Å². The summed E-state index contributed by atoms with van der Waals surface area (Å²) in [7, 11) is 1.49. The number of nitrogens with zero attached hydrogens (tertiary/aromatic N) is 4. The molecule has 0 aliphatic carbocycles. The van der Waals surface area contributed by atoms with E-state index >= 15 is 0 Å². The van der Waals surface area contributed by atoms with Gasteiger partial charge in [-0.2, -0.15) is 5.10 Å². The van der Waals surface area contributed by atoms with Crippen molar-refractivity contribution in [2.75, 3.05) is 12.4 Å². The average molecular weight is 594 g/mol. The summed E-state index contributed by atoms with van der Waals surface area (Å²) >= 11 is 0. The number of nitrogens with one attached hydrogen (secondary N) is 2. The van der Waals surface area contributed by atoms with Crippen molar-refractivity contribution in [2.45, 2.75) is 45.9 Å². The number of anilines is 1. The fourth-order valence-corrected chi connectivity index (χ4v) is 5.25. The Hall–Kier alpha value is -5.29. The Morgan fingerprint density at radius 1 is 1.05 bits per heavy atom. The first-order valence-corrected chi connectivity index (χ1v) is 14.4. The highest BCUT2D eigenvalue weighted by atomic mass is 16.5. The van der Waals surface area contributed by atoms with E-state index < -0.39 is 18.0 Å². The molecular weight excluding hydrogens is 558 g/mol. The first-order chi connectivity index (χ1) is 21.3. The van der Waals surface area contributed by atoms with Gasteiger partial charge in [0.05, 0.1) is 24.5 Å². The molecular formula is C33H35N7O4. The molecule has 0 saturated carbocycles. The number of ether oxygens (including phenoxy) is 1. The number of carbonyl (C=O) groups is 3. The third kappa shape index (κ3) is 6.37. The van der Waals surface area contributed by atoms with E-state index in [1.165, 1.54) is 7.11 Å². The number of fused-ring (bicyclic) bond motifs is 1. The third-order valence-corrected chi connectivity index (χ3v) is 7.39. The summed E-state index contributed by atoms with van der Waals surface area (Å²) < 4.78 is 9.10. The molecule has 0 spiro atoms. The van der Waals surface area contributed by atoms with Gasteiger partial charge in [-0.1, -0.05) is 54.6 Å². The molecule has 0 fully saturated rings. The minimum absolute atomic E-state index is 0.215. The Kier molecular flexibility index (Phi) is 9.15. The zero-order valence-electron chi connectivity index (χ0n) is 24.9. The molecule has 2 amide bonds. The second-order valence-electron chi connectivity index (χ2n) is 10.4. The predicted molar refractivity (Wildman–Crippen MR) is 168 cm³/mol. The first kappa shape index (κ1) is 30.2. The van der Waals surface area contributed by atoms with Crippen LogP contribution < -0.4 is 21.1 Å². The Morgan fingerprint density at radius 2 is 1.77 bits per heavy atom. The van der Waals surface area contributed by atoms with Gasteiger partial charge in [-0.15, -0.1) is 0 Å². The van der Waals surface area contributed by atoms with Crippen molar-refractivity contribution in [3.05, 3.63) is 95.3 Å². The summed E-state index contributed by atoms with van der Waals surface area (Å²) in [5, 5.41) is 10.9. The van der Waals surface area contributed by atoms with Gasteiger partial charge < -0.3 is 15.3 Å². The highest BCUT2D eigenvalue weighted by Crippen LogP contribution is 2.34. The van der Waals surface area contributed by atoms with E-state index in [1.54, 1.807) is 27.4 Å². The molecule has 4 N–H and O–H groups in total. The van der Waals surface area contributed by atoms with Gasteiger partial charge in [-0.05, 0) is 55.2 Å². The lowest BCUT2D eigenvalue weighted by atomic mass is 10.0. The van der Waals surface area contributed by atoms with Crippen LogP contribution in [0.5, 0.6) is 5.75 Å². The minimum atomic E-state index is -0.637. The number of rotatable bonds is 13. The summed E-state index contributed by atoms with van der Waals surface area (Å²) in [5.41, 5.74) is 11.1. The van der Waals surface area contributed by atoms with Crippen molar-refractivity contribution in [1.82, 2.24) is 24.6 Å². The topological polar surface area (TPSA) is 146 Å². The molecule has 2 aromatic heterocycles. The normalized spacial score (nSPS) is 11.8. The van der Waals surface area contributed by atoms with Gasteiger partial charge in [0.1, 0.15) is 23.2 Å². The van der Waals surface area contributed by atoms with Gasteiger partial charge in [-0.3, -0.25) is 29.5 Å². The summed E-state index contributed by atoms with van der Waals surface area (Å²) in [4.78, 5) is 41.9. The smallest absolute Gasteiger partial charge is 0.276 e. The number of nitrogens with two attached hydrogens (primary N) is 1. The fraction of sp³-hybridized carbons (Fsp3) is 0.242. The molecule has 2 heterocycles. The maximum Gasteiger partial charge on any atom is 0.276 e.